The van der Waals surface area contributed by atoms with Crippen molar-refractivity contribution in [3.63, 3.8) is 0 Å². The molecule has 0 spiro atoms. The smallest absolute Gasteiger partial charge is 0.315 e. The van der Waals surface area contributed by atoms with Crippen molar-refractivity contribution < 1.29 is 18.9 Å². The number of nitro benzene ring substituents is 1. The van der Waals surface area contributed by atoms with Crippen molar-refractivity contribution in [1.29, 1.82) is 0 Å². The second-order valence-electron chi connectivity index (χ2n) is 4.90. The van der Waals surface area contributed by atoms with E-state index in [1.807, 2.05) is 0 Å². The van der Waals surface area contributed by atoms with Gasteiger partial charge in [-0.25, -0.2) is 5.01 Å². The topological polar surface area (TPSA) is 88.3 Å². The van der Waals surface area contributed by atoms with Crippen molar-refractivity contribution in [3.05, 3.63) is 28.3 Å². The van der Waals surface area contributed by atoms with Gasteiger partial charge in [0.05, 0.1) is 28.4 Å². The number of thiocarbonyl (C=S) groups is 1. The van der Waals surface area contributed by atoms with Crippen LogP contribution in [0, 0.1) is 10.1 Å². The van der Waals surface area contributed by atoms with E-state index in [4.69, 9.17) is 12.2 Å². The molecule has 134 valence electrons. The number of carbonyl (C=O) groups is 1. The van der Waals surface area contributed by atoms with Crippen LogP contribution in [0.4, 0.5) is 15.9 Å². The highest BCUT2D eigenvalue weighted by molar-refractivity contribution is 8.00. The summed E-state index contributed by atoms with van der Waals surface area (Å²) < 4.78 is 19.1. The van der Waals surface area contributed by atoms with Crippen LogP contribution >= 0.6 is 24.0 Å². The first-order valence-corrected chi connectivity index (χ1v) is 8.61. The van der Waals surface area contributed by atoms with Gasteiger partial charge in [-0.15, -0.1) is 11.8 Å². The molecule has 0 fully saturated rings. The summed E-state index contributed by atoms with van der Waals surface area (Å²) in [6.07, 6.45) is 3.26. The Bertz CT molecular complexity index is 716. The zero-order valence-electron chi connectivity index (χ0n) is 13.3. The summed E-state index contributed by atoms with van der Waals surface area (Å²) in [7, 11) is 1.22. The summed E-state index contributed by atoms with van der Waals surface area (Å²) in [5, 5.41) is 16.6. The van der Waals surface area contributed by atoms with Crippen LogP contribution in [0.3, 0.4) is 0 Å². The maximum Gasteiger partial charge on any atom is 0.315 e. The number of esters is 1. The normalized spacial score (nSPS) is 13.4. The lowest BCUT2D eigenvalue weighted by atomic mass is 10.3. The molecular weight excluding hydrogens is 371 g/mol. The van der Waals surface area contributed by atoms with Crippen LogP contribution in [0.2, 0.25) is 0 Å². The minimum absolute atomic E-state index is 0.0174. The first-order chi connectivity index (χ1) is 11.9. The van der Waals surface area contributed by atoms with Crippen LogP contribution < -0.4 is 5.12 Å². The number of rotatable bonds is 5. The molecule has 1 aromatic carbocycles. The molecule has 1 heterocycles. The Morgan fingerprint density at radius 2 is 2.36 bits per heavy atom. The maximum absolute atomic E-state index is 14.6. The molecule has 1 aliphatic rings. The van der Waals surface area contributed by atoms with Crippen molar-refractivity contribution in [1.82, 2.24) is 5.01 Å². The Labute approximate surface area is 152 Å². The zero-order chi connectivity index (χ0) is 18.4. The molecule has 1 aromatic rings. The van der Waals surface area contributed by atoms with Gasteiger partial charge in [0.1, 0.15) is 0 Å². The molecule has 8 nitrogen and oxygen atoms in total. The van der Waals surface area contributed by atoms with Gasteiger partial charge in [-0.2, -0.15) is 10.2 Å². The molecule has 0 unspecified atom stereocenters. The number of thioether (sulfide) groups is 1. The Morgan fingerprint density at radius 3 is 2.96 bits per heavy atom. The number of benzene rings is 1. The van der Waals surface area contributed by atoms with E-state index in [0.29, 0.717) is 6.54 Å². The largest absolute Gasteiger partial charge is 0.468 e. The third-order valence-electron chi connectivity index (χ3n) is 3.25. The molecule has 1 aliphatic heterocycles. The number of halogens is 1. The van der Waals surface area contributed by atoms with Crippen molar-refractivity contribution in [2.45, 2.75) is 17.7 Å². The van der Waals surface area contributed by atoms with Crippen LogP contribution in [-0.2, 0) is 9.53 Å². The average Bonchev–Trinajstić information content (AvgIpc) is 2.65. The maximum atomic E-state index is 14.6. The molecule has 0 amide bonds. The van der Waals surface area contributed by atoms with Gasteiger partial charge in [-0.3, -0.25) is 14.9 Å². The second-order valence-corrected chi connectivity index (χ2v) is 6.28. The third-order valence-corrected chi connectivity index (χ3v) is 4.64. The van der Waals surface area contributed by atoms with Crippen LogP contribution in [0.25, 0.3) is 0 Å². The molecule has 0 saturated heterocycles. The van der Waals surface area contributed by atoms with E-state index in [1.54, 1.807) is 6.21 Å². The van der Waals surface area contributed by atoms with E-state index in [1.165, 1.54) is 30.3 Å². The Balaban J connectivity index is 2.23. The molecule has 0 saturated carbocycles. The number of hydrogen-bond acceptors (Lipinski definition) is 7. The highest BCUT2D eigenvalue weighted by atomic mass is 32.2. The molecule has 2 rings (SSSR count). The monoisotopic (exact) mass is 386 g/mol. The van der Waals surface area contributed by atoms with Crippen LogP contribution in [0.5, 0.6) is 0 Å². The molecule has 0 bridgehead atoms. The van der Waals surface area contributed by atoms with E-state index in [-0.39, 0.29) is 32.3 Å². The van der Waals surface area contributed by atoms with Crippen LogP contribution in [0.15, 0.2) is 28.2 Å². The molecule has 0 N–H and O–H groups in total. The van der Waals surface area contributed by atoms with Crippen molar-refractivity contribution in [3.8, 4) is 0 Å². The molecule has 0 radical (unpaired) electrons. The molecule has 0 aromatic heterocycles. The Hall–Kier alpha value is -2.27. The molecule has 0 aliphatic carbocycles. The zero-order valence-corrected chi connectivity index (χ0v) is 14.9. The lowest BCUT2D eigenvalue weighted by molar-refractivity contribution is -0.387. The summed E-state index contributed by atoms with van der Waals surface area (Å²) in [6.45, 7) is 0.493. The molecule has 25 heavy (non-hydrogen) atoms. The summed E-state index contributed by atoms with van der Waals surface area (Å²) in [4.78, 5) is 21.9. The molecule has 11 heteroatoms. The minimum atomic E-state index is -0.598. The van der Waals surface area contributed by atoms with Crippen LogP contribution in [-0.4, -0.2) is 46.6 Å². The van der Waals surface area contributed by atoms with Crippen molar-refractivity contribution in [2.24, 2.45) is 5.10 Å². The number of methoxy groups -OCH3 is 1. The summed E-state index contributed by atoms with van der Waals surface area (Å²) in [5.74, 6) is -0.673. The van der Waals surface area contributed by atoms with Gasteiger partial charge in [0, 0.05) is 18.8 Å². The fraction of sp³-hybridized carbons (Fsp3) is 0.357. The van der Waals surface area contributed by atoms with E-state index in [9.17, 15) is 19.4 Å². The standard InChI is InChI=1S/C14H15FN4O4S2/c1-23-13(20)9-25-12-8-10(4-5-11(12)19(21)22)18(15)14(24)17-7-3-2-6-16-17/h4-6,8H,2-3,7,9H2,1H3. The van der Waals surface area contributed by atoms with Gasteiger partial charge < -0.3 is 4.74 Å². The lowest BCUT2D eigenvalue weighted by Gasteiger charge is -2.25. The fourth-order valence-corrected chi connectivity index (χ4v) is 3.12. The van der Waals surface area contributed by atoms with Gasteiger partial charge in [-0.1, -0.05) is 4.48 Å². The van der Waals surface area contributed by atoms with Gasteiger partial charge in [-0.05, 0) is 37.2 Å². The first-order valence-electron chi connectivity index (χ1n) is 7.22. The second kappa shape index (κ2) is 8.72. The number of anilines is 1. The van der Waals surface area contributed by atoms with Crippen molar-refractivity contribution >= 4 is 52.7 Å². The van der Waals surface area contributed by atoms with Crippen molar-refractivity contribution in [2.75, 3.05) is 24.5 Å². The summed E-state index contributed by atoms with van der Waals surface area (Å²) >= 11 is 5.97. The predicted molar refractivity (Wildman–Crippen MR) is 96.5 cm³/mol. The third kappa shape index (κ3) is 4.86. The minimum Gasteiger partial charge on any atom is -0.468 e. The SMILES string of the molecule is COC(=O)CSc1cc(N(F)C(=S)N2CCCC=N2)ccc1[N+](=O)[O-]. The number of hydrogen-bond donors (Lipinski definition) is 0. The number of carbonyl (C=O) groups excluding carboxylic acids is 1. The van der Waals surface area contributed by atoms with Gasteiger partial charge >= 0.3 is 5.97 Å². The Kier molecular flexibility index (Phi) is 6.65. The average molecular weight is 386 g/mol. The highest BCUT2D eigenvalue weighted by Gasteiger charge is 2.23. The quantitative estimate of drug-likeness (QED) is 0.191. The number of hydrazone groups is 1. The van der Waals surface area contributed by atoms with E-state index in [2.05, 4.69) is 9.84 Å². The van der Waals surface area contributed by atoms with E-state index < -0.39 is 10.9 Å². The van der Waals surface area contributed by atoms with Crippen LogP contribution in [0.1, 0.15) is 12.8 Å². The van der Waals surface area contributed by atoms with E-state index in [0.717, 1.165) is 24.6 Å². The fourth-order valence-electron chi connectivity index (χ4n) is 1.99. The van der Waals surface area contributed by atoms with Gasteiger partial charge in [0.25, 0.3) is 5.69 Å². The number of ether oxygens (including phenoxy) is 1. The lowest BCUT2D eigenvalue weighted by Crippen LogP contribution is -2.37. The summed E-state index contributed by atoms with van der Waals surface area (Å²) in [5.41, 5.74) is -0.211. The molecular formula is C14H15FN4O4S2. The van der Waals surface area contributed by atoms with E-state index >= 15 is 0 Å². The highest BCUT2D eigenvalue weighted by Crippen LogP contribution is 2.33. The number of nitro groups is 1. The van der Waals surface area contributed by atoms with Gasteiger partial charge in [0.2, 0.25) is 5.11 Å². The first kappa shape index (κ1) is 19.1. The predicted octanol–water partition coefficient (Wildman–Crippen LogP) is 2.92. The Morgan fingerprint density at radius 1 is 1.60 bits per heavy atom. The molecule has 0 atom stereocenters. The number of nitrogens with zero attached hydrogens (tertiary/aromatic N) is 4. The summed E-state index contributed by atoms with van der Waals surface area (Å²) in [6, 6.07) is 3.69. The van der Waals surface area contributed by atoms with Gasteiger partial charge in [0.15, 0.2) is 0 Å².